The average Bonchev–Trinajstić information content (AvgIpc) is 2.71. The highest BCUT2D eigenvalue weighted by atomic mass is 19.1. The van der Waals surface area contributed by atoms with E-state index in [9.17, 15) is 9.18 Å². The molecule has 1 heterocycles. The number of furan rings is 1. The first-order valence-corrected chi connectivity index (χ1v) is 4.68. The third-order valence-electron chi connectivity index (χ3n) is 2.07. The van der Waals surface area contributed by atoms with Crippen molar-refractivity contribution in [1.29, 1.82) is 0 Å². The number of rotatable bonds is 3. The van der Waals surface area contributed by atoms with Gasteiger partial charge in [0.15, 0.2) is 12.0 Å². The van der Waals surface area contributed by atoms with Crippen molar-refractivity contribution in [2.24, 2.45) is 0 Å². The predicted molar refractivity (Wildman–Crippen MR) is 55.3 cm³/mol. The molecule has 16 heavy (non-hydrogen) atoms. The van der Waals surface area contributed by atoms with E-state index in [1.807, 2.05) is 0 Å². The number of benzene rings is 1. The van der Waals surface area contributed by atoms with Gasteiger partial charge < -0.3 is 9.15 Å². The highest BCUT2D eigenvalue weighted by molar-refractivity contribution is 5.70. The number of aldehydes is 1. The zero-order chi connectivity index (χ0) is 11.5. The van der Waals surface area contributed by atoms with Crippen LogP contribution in [-0.2, 0) is 0 Å². The third kappa shape index (κ3) is 2.11. The monoisotopic (exact) mass is 220 g/mol. The summed E-state index contributed by atoms with van der Waals surface area (Å²) in [6.45, 7) is 1.64. The van der Waals surface area contributed by atoms with E-state index in [1.54, 1.807) is 13.0 Å². The van der Waals surface area contributed by atoms with Crippen molar-refractivity contribution >= 4 is 6.29 Å². The summed E-state index contributed by atoms with van der Waals surface area (Å²) in [5, 5.41) is 0. The third-order valence-corrected chi connectivity index (χ3v) is 2.07. The SMILES string of the molecule is Cc1cc(Oc2ccc(C=O)o2)ccc1F. The van der Waals surface area contributed by atoms with Crippen molar-refractivity contribution in [2.45, 2.75) is 6.92 Å². The fourth-order valence-electron chi connectivity index (χ4n) is 1.25. The molecule has 3 nitrogen and oxygen atoms in total. The Balaban J connectivity index is 2.20. The first-order chi connectivity index (χ1) is 7.69. The highest BCUT2D eigenvalue weighted by Gasteiger charge is 2.05. The second-order valence-corrected chi connectivity index (χ2v) is 3.29. The topological polar surface area (TPSA) is 39.4 Å². The van der Waals surface area contributed by atoms with Crippen LogP contribution in [0.25, 0.3) is 0 Å². The summed E-state index contributed by atoms with van der Waals surface area (Å²) in [6, 6.07) is 7.39. The molecule has 82 valence electrons. The van der Waals surface area contributed by atoms with Gasteiger partial charge >= 0.3 is 0 Å². The standard InChI is InChI=1S/C12H9FO3/c1-8-6-9(2-4-11(8)13)15-12-5-3-10(7-14)16-12/h2-7H,1H3. The lowest BCUT2D eigenvalue weighted by Gasteiger charge is -2.03. The van der Waals surface area contributed by atoms with Crippen molar-refractivity contribution < 1.29 is 18.3 Å². The maximum absolute atomic E-state index is 13.0. The van der Waals surface area contributed by atoms with Gasteiger partial charge in [-0.3, -0.25) is 4.79 Å². The van der Waals surface area contributed by atoms with Crippen LogP contribution in [-0.4, -0.2) is 6.29 Å². The van der Waals surface area contributed by atoms with E-state index in [-0.39, 0.29) is 17.5 Å². The minimum Gasteiger partial charge on any atom is -0.426 e. The number of aryl methyl sites for hydroxylation is 1. The van der Waals surface area contributed by atoms with Crippen molar-refractivity contribution in [3.8, 4) is 11.7 Å². The van der Waals surface area contributed by atoms with Crippen molar-refractivity contribution in [1.82, 2.24) is 0 Å². The second-order valence-electron chi connectivity index (χ2n) is 3.29. The predicted octanol–water partition coefficient (Wildman–Crippen LogP) is 3.33. The molecule has 2 aromatic rings. The zero-order valence-electron chi connectivity index (χ0n) is 8.57. The molecule has 2 rings (SSSR count). The molecule has 0 unspecified atom stereocenters. The summed E-state index contributed by atoms with van der Waals surface area (Å²) in [6.07, 6.45) is 0.586. The van der Waals surface area contributed by atoms with E-state index in [0.29, 0.717) is 17.6 Å². The molecule has 1 aromatic heterocycles. The van der Waals surface area contributed by atoms with E-state index in [1.165, 1.54) is 24.3 Å². The molecule has 1 aromatic carbocycles. The fraction of sp³-hybridized carbons (Fsp3) is 0.0833. The molecule has 0 radical (unpaired) electrons. The van der Waals surface area contributed by atoms with Crippen molar-refractivity contribution in [2.75, 3.05) is 0 Å². The van der Waals surface area contributed by atoms with Crippen LogP contribution in [0.3, 0.4) is 0 Å². The number of hydrogen-bond acceptors (Lipinski definition) is 3. The van der Waals surface area contributed by atoms with Gasteiger partial charge in [-0.25, -0.2) is 4.39 Å². The lowest BCUT2D eigenvalue weighted by molar-refractivity contribution is 0.109. The van der Waals surface area contributed by atoms with Gasteiger partial charge in [-0.05, 0) is 36.8 Å². The Hall–Kier alpha value is -2.10. The summed E-state index contributed by atoms with van der Waals surface area (Å²) in [5.41, 5.74) is 0.486. The van der Waals surface area contributed by atoms with Gasteiger partial charge in [-0.2, -0.15) is 0 Å². The minimum absolute atomic E-state index is 0.189. The quantitative estimate of drug-likeness (QED) is 0.745. The Morgan fingerprint density at radius 1 is 1.31 bits per heavy atom. The van der Waals surface area contributed by atoms with Crippen molar-refractivity contribution in [3.63, 3.8) is 0 Å². The molecule has 0 atom stereocenters. The molecule has 0 spiro atoms. The van der Waals surface area contributed by atoms with Crippen LogP contribution in [0.4, 0.5) is 4.39 Å². The van der Waals surface area contributed by atoms with Crippen LogP contribution in [0, 0.1) is 12.7 Å². The Bertz CT molecular complexity index is 517. The molecule has 0 aliphatic rings. The molecule has 0 amide bonds. The van der Waals surface area contributed by atoms with Crippen molar-refractivity contribution in [3.05, 3.63) is 47.5 Å². The van der Waals surface area contributed by atoms with Gasteiger partial charge in [-0.15, -0.1) is 0 Å². The van der Waals surface area contributed by atoms with Gasteiger partial charge in [0.2, 0.25) is 0 Å². The lowest BCUT2D eigenvalue weighted by Crippen LogP contribution is -1.86. The first-order valence-electron chi connectivity index (χ1n) is 4.68. The summed E-state index contributed by atoms with van der Waals surface area (Å²) in [7, 11) is 0. The highest BCUT2D eigenvalue weighted by Crippen LogP contribution is 2.24. The molecule has 0 bridgehead atoms. The molecular weight excluding hydrogens is 211 g/mol. The summed E-state index contributed by atoms with van der Waals surface area (Å²) in [5.74, 6) is 0.563. The number of ether oxygens (including phenoxy) is 1. The number of carbonyl (C=O) groups is 1. The Morgan fingerprint density at radius 2 is 2.12 bits per heavy atom. The molecule has 0 saturated heterocycles. The van der Waals surface area contributed by atoms with E-state index in [2.05, 4.69) is 0 Å². The normalized spacial score (nSPS) is 10.1. The molecule has 0 N–H and O–H groups in total. The van der Waals surface area contributed by atoms with Crippen LogP contribution in [0.15, 0.2) is 34.7 Å². The summed E-state index contributed by atoms with van der Waals surface area (Å²) in [4.78, 5) is 10.4. The Kier molecular flexibility index (Phi) is 2.72. The van der Waals surface area contributed by atoms with Crippen LogP contribution < -0.4 is 4.74 Å². The maximum atomic E-state index is 13.0. The molecule has 0 saturated carbocycles. The molecule has 4 heteroatoms. The maximum Gasteiger partial charge on any atom is 0.290 e. The largest absolute Gasteiger partial charge is 0.426 e. The summed E-state index contributed by atoms with van der Waals surface area (Å²) < 4.78 is 23.3. The first kappa shape index (κ1) is 10.4. The molecular formula is C12H9FO3. The minimum atomic E-state index is -0.291. The molecule has 0 fully saturated rings. The van der Waals surface area contributed by atoms with E-state index >= 15 is 0 Å². The van der Waals surface area contributed by atoms with E-state index in [4.69, 9.17) is 9.15 Å². The average molecular weight is 220 g/mol. The number of hydrogen-bond donors (Lipinski definition) is 0. The lowest BCUT2D eigenvalue weighted by atomic mass is 10.2. The smallest absolute Gasteiger partial charge is 0.290 e. The molecule has 0 aliphatic carbocycles. The van der Waals surface area contributed by atoms with Crippen LogP contribution >= 0.6 is 0 Å². The van der Waals surface area contributed by atoms with Crippen LogP contribution in [0.5, 0.6) is 11.7 Å². The van der Waals surface area contributed by atoms with E-state index < -0.39 is 0 Å². The molecule has 0 aliphatic heterocycles. The van der Waals surface area contributed by atoms with Gasteiger partial charge in [0.25, 0.3) is 5.95 Å². The number of halogens is 1. The number of carbonyl (C=O) groups excluding carboxylic acids is 1. The fourth-order valence-corrected chi connectivity index (χ4v) is 1.25. The van der Waals surface area contributed by atoms with Gasteiger partial charge in [0.1, 0.15) is 11.6 Å². The summed E-state index contributed by atoms with van der Waals surface area (Å²) >= 11 is 0. The van der Waals surface area contributed by atoms with Gasteiger partial charge in [0, 0.05) is 6.07 Å². The van der Waals surface area contributed by atoms with Gasteiger partial charge in [-0.1, -0.05) is 0 Å². The van der Waals surface area contributed by atoms with Crippen LogP contribution in [0.1, 0.15) is 16.1 Å². The van der Waals surface area contributed by atoms with Crippen LogP contribution in [0.2, 0.25) is 0 Å². The van der Waals surface area contributed by atoms with E-state index in [0.717, 1.165) is 0 Å². The zero-order valence-corrected chi connectivity index (χ0v) is 8.57. The van der Waals surface area contributed by atoms with Gasteiger partial charge in [0.05, 0.1) is 0 Å². The Labute approximate surface area is 91.5 Å². The second kappa shape index (κ2) is 4.18. The Morgan fingerprint density at radius 3 is 2.75 bits per heavy atom.